The minimum Gasteiger partial charge on any atom is -0.410 e. The molecule has 20 heavy (non-hydrogen) atoms. The van der Waals surface area contributed by atoms with Gasteiger partial charge in [0, 0.05) is 19.0 Å². The van der Waals surface area contributed by atoms with E-state index in [-0.39, 0.29) is 5.82 Å². The van der Waals surface area contributed by atoms with Gasteiger partial charge in [-0.15, -0.1) is 10.2 Å². The van der Waals surface area contributed by atoms with E-state index in [2.05, 4.69) is 10.2 Å². The molecule has 1 aromatic carbocycles. The molecule has 0 fully saturated rings. The van der Waals surface area contributed by atoms with Crippen molar-refractivity contribution in [2.75, 3.05) is 0 Å². The number of rotatable bonds is 4. The zero-order valence-electron chi connectivity index (χ0n) is 10.8. The minimum atomic E-state index is -0.234. The standard InChI is InChI=1S/C14H12FN3OS/c1-18-8-2-3-12(18)13-16-17-14(19-13)20-9-10-4-6-11(15)7-5-10/h2-8H,9H2,1H3. The zero-order valence-corrected chi connectivity index (χ0v) is 11.6. The largest absolute Gasteiger partial charge is 0.410 e. The fourth-order valence-electron chi connectivity index (χ4n) is 1.78. The maximum atomic E-state index is 12.8. The fraction of sp³-hybridized carbons (Fsp3) is 0.143. The van der Waals surface area contributed by atoms with Gasteiger partial charge in [0.2, 0.25) is 0 Å². The molecule has 0 aliphatic carbocycles. The van der Waals surface area contributed by atoms with Crippen LogP contribution in [0.15, 0.2) is 52.2 Å². The molecular weight excluding hydrogens is 277 g/mol. The van der Waals surface area contributed by atoms with Crippen LogP contribution < -0.4 is 0 Å². The average molecular weight is 289 g/mol. The second kappa shape index (κ2) is 5.50. The SMILES string of the molecule is Cn1cccc1-c1nnc(SCc2ccc(F)cc2)o1. The summed E-state index contributed by atoms with van der Waals surface area (Å²) < 4.78 is 20.3. The Morgan fingerprint density at radius 2 is 2.00 bits per heavy atom. The van der Waals surface area contributed by atoms with Crippen LogP contribution >= 0.6 is 11.8 Å². The highest BCUT2D eigenvalue weighted by Gasteiger charge is 2.11. The van der Waals surface area contributed by atoms with Crippen molar-refractivity contribution in [3.8, 4) is 11.6 Å². The van der Waals surface area contributed by atoms with E-state index >= 15 is 0 Å². The van der Waals surface area contributed by atoms with Crippen LogP contribution in [0.1, 0.15) is 5.56 Å². The van der Waals surface area contributed by atoms with Gasteiger partial charge in [-0.3, -0.25) is 0 Å². The maximum absolute atomic E-state index is 12.8. The number of hydrogen-bond donors (Lipinski definition) is 0. The molecule has 0 aliphatic rings. The van der Waals surface area contributed by atoms with E-state index in [1.54, 1.807) is 12.1 Å². The van der Waals surface area contributed by atoms with Gasteiger partial charge in [0.25, 0.3) is 11.1 Å². The number of thioether (sulfide) groups is 1. The molecule has 0 aliphatic heterocycles. The summed E-state index contributed by atoms with van der Waals surface area (Å²) >= 11 is 1.43. The Bertz CT molecular complexity index is 705. The average Bonchev–Trinajstić information content (AvgIpc) is 3.06. The highest BCUT2D eigenvalue weighted by atomic mass is 32.2. The van der Waals surface area contributed by atoms with Crippen LogP contribution in [0.4, 0.5) is 4.39 Å². The molecule has 2 aromatic heterocycles. The molecule has 4 nitrogen and oxygen atoms in total. The summed E-state index contributed by atoms with van der Waals surface area (Å²) in [6.07, 6.45) is 1.92. The van der Waals surface area contributed by atoms with Crippen LogP contribution in [-0.4, -0.2) is 14.8 Å². The van der Waals surface area contributed by atoms with Crippen LogP contribution in [0.3, 0.4) is 0 Å². The van der Waals surface area contributed by atoms with Crippen LogP contribution in [0.5, 0.6) is 0 Å². The Morgan fingerprint density at radius 1 is 1.20 bits per heavy atom. The van der Waals surface area contributed by atoms with E-state index in [0.717, 1.165) is 11.3 Å². The lowest BCUT2D eigenvalue weighted by molar-refractivity contribution is 0.463. The smallest absolute Gasteiger partial charge is 0.277 e. The summed E-state index contributed by atoms with van der Waals surface area (Å²) in [5, 5.41) is 8.54. The third kappa shape index (κ3) is 2.75. The van der Waals surface area contributed by atoms with E-state index in [1.807, 2.05) is 29.9 Å². The Hall–Kier alpha value is -2.08. The first-order chi connectivity index (χ1) is 9.72. The Labute approximate surface area is 119 Å². The zero-order chi connectivity index (χ0) is 13.9. The summed E-state index contributed by atoms with van der Waals surface area (Å²) in [4.78, 5) is 0. The van der Waals surface area contributed by atoms with Crippen molar-refractivity contribution in [2.24, 2.45) is 7.05 Å². The predicted molar refractivity (Wildman–Crippen MR) is 74.7 cm³/mol. The van der Waals surface area contributed by atoms with Crippen molar-refractivity contribution in [3.05, 3.63) is 54.0 Å². The van der Waals surface area contributed by atoms with Crippen molar-refractivity contribution in [3.63, 3.8) is 0 Å². The van der Waals surface area contributed by atoms with Gasteiger partial charge in [-0.05, 0) is 29.8 Å². The molecule has 3 rings (SSSR count). The van der Waals surface area contributed by atoms with Crippen molar-refractivity contribution >= 4 is 11.8 Å². The molecular formula is C14H12FN3OS. The second-order valence-corrected chi connectivity index (χ2v) is 5.22. The lowest BCUT2D eigenvalue weighted by Gasteiger charge is -1.98. The fourth-order valence-corrected chi connectivity index (χ4v) is 2.50. The van der Waals surface area contributed by atoms with Crippen LogP contribution in [-0.2, 0) is 12.8 Å². The van der Waals surface area contributed by atoms with Gasteiger partial charge in [0.15, 0.2) is 0 Å². The first-order valence-electron chi connectivity index (χ1n) is 6.05. The van der Waals surface area contributed by atoms with Gasteiger partial charge >= 0.3 is 0 Å². The first kappa shape index (κ1) is 12.9. The van der Waals surface area contributed by atoms with E-state index in [1.165, 1.54) is 23.9 Å². The highest BCUT2D eigenvalue weighted by Crippen LogP contribution is 2.25. The summed E-state index contributed by atoms with van der Waals surface area (Å²) in [6, 6.07) is 10.2. The van der Waals surface area contributed by atoms with Gasteiger partial charge in [-0.2, -0.15) is 0 Å². The van der Waals surface area contributed by atoms with E-state index in [4.69, 9.17) is 4.42 Å². The molecule has 0 saturated carbocycles. The number of nitrogens with zero attached hydrogens (tertiary/aromatic N) is 3. The van der Waals surface area contributed by atoms with E-state index in [0.29, 0.717) is 16.9 Å². The molecule has 102 valence electrons. The van der Waals surface area contributed by atoms with Crippen molar-refractivity contribution in [1.82, 2.24) is 14.8 Å². The van der Waals surface area contributed by atoms with Crippen molar-refractivity contribution in [2.45, 2.75) is 11.0 Å². The third-order valence-electron chi connectivity index (χ3n) is 2.84. The predicted octanol–water partition coefficient (Wildman–Crippen LogP) is 3.51. The summed E-state index contributed by atoms with van der Waals surface area (Å²) in [5.41, 5.74) is 1.89. The number of aryl methyl sites for hydroxylation is 1. The third-order valence-corrected chi connectivity index (χ3v) is 3.73. The molecule has 6 heteroatoms. The van der Waals surface area contributed by atoms with E-state index < -0.39 is 0 Å². The lowest BCUT2D eigenvalue weighted by Crippen LogP contribution is -1.88. The summed E-state index contributed by atoms with van der Waals surface area (Å²) in [5.74, 6) is 0.927. The molecule has 0 bridgehead atoms. The quantitative estimate of drug-likeness (QED) is 0.689. The van der Waals surface area contributed by atoms with Crippen molar-refractivity contribution < 1.29 is 8.81 Å². The molecule has 0 saturated heterocycles. The molecule has 0 atom stereocenters. The summed E-state index contributed by atoms with van der Waals surface area (Å²) in [6.45, 7) is 0. The molecule has 0 unspecified atom stereocenters. The molecule has 2 heterocycles. The second-order valence-electron chi connectivity index (χ2n) is 4.29. The number of hydrogen-bond acceptors (Lipinski definition) is 4. The minimum absolute atomic E-state index is 0.234. The van der Waals surface area contributed by atoms with Gasteiger partial charge in [-0.25, -0.2) is 4.39 Å². The maximum Gasteiger partial charge on any atom is 0.277 e. The summed E-state index contributed by atoms with van der Waals surface area (Å²) in [7, 11) is 1.92. The van der Waals surface area contributed by atoms with Gasteiger partial charge in [0.05, 0.1) is 0 Å². The normalized spacial score (nSPS) is 10.9. The lowest BCUT2D eigenvalue weighted by atomic mass is 10.2. The van der Waals surface area contributed by atoms with Gasteiger partial charge < -0.3 is 8.98 Å². The molecule has 0 spiro atoms. The van der Waals surface area contributed by atoms with Crippen LogP contribution in [0, 0.1) is 5.82 Å². The first-order valence-corrected chi connectivity index (χ1v) is 7.03. The number of benzene rings is 1. The molecule has 0 N–H and O–H groups in total. The van der Waals surface area contributed by atoms with Crippen molar-refractivity contribution in [1.29, 1.82) is 0 Å². The Morgan fingerprint density at radius 3 is 2.70 bits per heavy atom. The molecule has 0 radical (unpaired) electrons. The highest BCUT2D eigenvalue weighted by molar-refractivity contribution is 7.98. The molecule has 3 aromatic rings. The topological polar surface area (TPSA) is 43.9 Å². The number of aromatic nitrogens is 3. The Balaban J connectivity index is 1.69. The van der Waals surface area contributed by atoms with E-state index in [9.17, 15) is 4.39 Å². The van der Waals surface area contributed by atoms with Crippen LogP contribution in [0.25, 0.3) is 11.6 Å². The Kier molecular flexibility index (Phi) is 3.56. The monoisotopic (exact) mass is 289 g/mol. The van der Waals surface area contributed by atoms with Crippen LogP contribution in [0.2, 0.25) is 0 Å². The number of halogens is 1. The van der Waals surface area contributed by atoms with Gasteiger partial charge in [-0.1, -0.05) is 23.9 Å². The van der Waals surface area contributed by atoms with Gasteiger partial charge in [0.1, 0.15) is 11.5 Å². The molecule has 0 amide bonds.